The molecule has 80 valence electrons. The highest BCUT2D eigenvalue weighted by atomic mass is 15.1. The van der Waals surface area contributed by atoms with Gasteiger partial charge in [0.05, 0.1) is 5.70 Å². The number of allylic oxidation sites excluding steroid dienone is 1. The topological polar surface area (TPSA) is 27.6 Å². The van der Waals surface area contributed by atoms with Crippen molar-refractivity contribution in [3.05, 3.63) is 24.6 Å². The maximum atomic E-state index is 3.76. The first-order valence-corrected chi connectivity index (χ1v) is 5.04. The molecule has 0 saturated heterocycles. The molecule has 0 aliphatic heterocycles. The van der Waals surface area contributed by atoms with Gasteiger partial charge in [-0.2, -0.15) is 0 Å². The van der Waals surface area contributed by atoms with Crippen molar-refractivity contribution in [1.29, 1.82) is 0 Å². The van der Waals surface area contributed by atoms with Crippen molar-refractivity contribution >= 4 is 6.72 Å². The van der Waals surface area contributed by atoms with Gasteiger partial charge in [0.25, 0.3) is 0 Å². The molecule has 0 saturated carbocycles. The fourth-order valence-electron chi connectivity index (χ4n) is 1.22. The van der Waals surface area contributed by atoms with Crippen LogP contribution >= 0.6 is 0 Å². The minimum absolute atomic E-state index is 0.957. The van der Waals surface area contributed by atoms with Crippen LogP contribution in [-0.2, 0) is 0 Å². The van der Waals surface area contributed by atoms with Gasteiger partial charge in [-0.05, 0) is 26.3 Å². The van der Waals surface area contributed by atoms with Crippen molar-refractivity contribution < 1.29 is 0 Å². The van der Waals surface area contributed by atoms with Crippen molar-refractivity contribution in [3.63, 3.8) is 0 Å². The maximum absolute atomic E-state index is 3.76. The summed E-state index contributed by atoms with van der Waals surface area (Å²) in [7, 11) is 0. The summed E-state index contributed by atoms with van der Waals surface area (Å²) >= 11 is 0. The Labute approximate surface area is 87.2 Å². The molecule has 0 bridgehead atoms. The van der Waals surface area contributed by atoms with Gasteiger partial charge in [0.2, 0.25) is 0 Å². The summed E-state index contributed by atoms with van der Waals surface area (Å²) < 4.78 is 0. The van der Waals surface area contributed by atoms with Crippen LogP contribution in [0.4, 0.5) is 0 Å². The van der Waals surface area contributed by atoms with Crippen LogP contribution in [0, 0.1) is 0 Å². The molecule has 0 fully saturated rings. The lowest BCUT2D eigenvalue weighted by Crippen LogP contribution is -2.31. The van der Waals surface area contributed by atoms with Crippen LogP contribution in [0.25, 0.3) is 0 Å². The summed E-state index contributed by atoms with van der Waals surface area (Å²) in [6.07, 6.45) is 3.55. The molecule has 0 spiro atoms. The van der Waals surface area contributed by atoms with E-state index in [0.29, 0.717) is 0 Å². The second kappa shape index (κ2) is 8.51. The van der Waals surface area contributed by atoms with Crippen LogP contribution in [0.2, 0.25) is 0 Å². The molecule has 0 aliphatic rings. The van der Waals surface area contributed by atoms with Crippen molar-refractivity contribution in [2.45, 2.75) is 13.8 Å². The van der Waals surface area contributed by atoms with Gasteiger partial charge in [0.1, 0.15) is 0 Å². The van der Waals surface area contributed by atoms with Crippen molar-refractivity contribution in [2.24, 2.45) is 4.99 Å². The van der Waals surface area contributed by atoms with E-state index < -0.39 is 0 Å². The van der Waals surface area contributed by atoms with Gasteiger partial charge in [-0.25, -0.2) is 0 Å². The van der Waals surface area contributed by atoms with E-state index in [2.05, 4.69) is 42.4 Å². The number of likely N-dealkylation sites (N-methyl/N-ethyl adjacent to an activating group) is 2. The molecular formula is C11H21N3. The van der Waals surface area contributed by atoms with E-state index in [1.54, 1.807) is 6.20 Å². The van der Waals surface area contributed by atoms with E-state index in [1.807, 2.05) is 6.08 Å². The van der Waals surface area contributed by atoms with E-state index in [4.69, 9.17) is 0 Å². The summed E-state index contributed by atoms with van der Waals surface area (Å²) in [6, 6.07) is 0. The molecule has 0 amide bonds. The standard InChI is InChI=1S/C11H21N3/c1-5-11(10-12-4)14(7-3)9-8-13-6-2/h5,10,13H,1,4,6-9H2,2-3H3/b11-10+. The third-order valence-corrected chi connectivity index (χ3v) is 1.99. The highest BCUT2D eigenvalue weighted by molar-refractivity contribution is 5.28. The average molecular weight is 195 g/mol. The molecule has 0 unspecified atom stereocenters. The van der Waals surface area contributed by atoms with Gasteiger partial charge in [-0.3, -0.25) is 4.99 Å². The molecule has 0 atom stereocenters. The molecule has 0 radical (unpaired) electrons. The number of rotatable bonds is 8. The lowest BCUT2D eigenvalue weighted by molar-refractivity contribution is 0.369. The molecule has 0 rings (SSSR count). The van der Waals surface area contributed by atoms with E-state index in [9.17, 15) is 0 Å². The first-order valence-electron chi connectivity index (χ1n) is 5.04. The quantitative estimate of drug-likeness (QED) is 0.362. The van der Waals surface area contributed by atoms with Gasteiger partial charge in [0, 0.05) is 25.8 Å². The summed E-state index contributed by atoms with van der Waals surface area (Å²) in [4.78, 5) is 5.97. The first kappa shape index (κ1) is 12.9. The zero-order chi connectivity index (χ0) is 10.8. The van der Waals surface area contributed by atoms with Crippen LogP contribution in [0.5, 0.6) is 0 Å². The number of aliphatic imine (C=N–C) groups is 1. The van der Waals surface area contributed by atoms with Gasteiger partial charge in [-0.15, -0.1) is 0 Å². The van der Waals surface area contributed by atoms with Gasteiger partial charge in [-0.1, -0.05) is 13.5 Å². The van der Waals surface area contributed by atoms with Crippen molar-refractivity contribution in [3.8, 4) is 0 Å². The molecule has 0 heterocycles. The van der Waals surface area contributed by atoms with E-state index in [-0.39, 0.29) is 0 Å². The van der Waals surface area contributed by atoms with Crippen LogP contribution < -0.4 is 5.32 Å². The Bertz CT molecular complexity index is 197. The molecule has 14 heavy (non-hydrogen) atoms. The Morgan fingerprint density at radius 1 is 1.50 bits per heavy atom. The lowest BCUT2D eigenvalue weighted by Gasteiger charge is -2.23. The van der Waals surface area contributed by atoms with Gasteiger partial charge in [0.15, 0.2) is 0 Å². The Morgan fingerprint density at radius 3 is 2.64 bits per heavy atom. The fourth-order valence-corrected chi connectivity index (χ4v) is 1.22. The zero-order valence-corrected chi connectivity index (χ0v) is 9.29. The Hall–Kier alpha value is -1.09. The number of nitrogens with zero attached hydrogens (tertiary/aromatic N) is 2. The molecule has 3 nitrogen and oxygen atoms in total. The number of hydrogen-bond donors (Lipinski definition) is 1. The van der Waals surface area contributed by atoms with Crippen molar-refractivity contribution in [2.75, 3.05) is 26.2 Å². The summed E-state index contributed by atoms with van der Waals surface area (Å²) in [5.74, 6) is 0. The second-order valence-electron chi connectivity index (χ2n) is 2.87. The first-order chi connectivity index (χ1) is 6.79. The second-order valence-corrected chi connectivity index (χ2v) is 2.87. The fraction of sp³-hybridized carbons (Fsp3) is 0.545. The number of nitrogens with one attached hydrogen (secondary N) is 1. The van der Waals surface area contributed by atoms with E-state index >= 15 is 0 Å². The summed E-state index contributed by atoms with van der Waals surface area (Å²) in [5.41, 5.74) is 1.03. The monoisotopic (exact) mass is 195 g/mol. The third-order valence-electron chi connectivity index (χ3n) is 1.99. The number of hydrogen-bond acceptors (Lipinski definition) is 3. The average Bonchev–Trinajstić information content (AvgIpc) is 2.22. The highest BCUT2D eigenvalue weighted by Gasteiger charge is 2.02. The third kappa shape index (κ3) is 4.82. The van der Waals surface area contributed by atoms with Crippen LogP contribution in [-0.4, -0.2) is 37.8 Å². The zero-order valence-electron chi connectivity index (χ0n) is 9.29. The molecule has 0 aromatic carbocycles. The Balaban J connectivity index is 4.15. The molecule has 1 N–H and O–H groups in total. The summed E-state index contributed by atoms with van der Waals surface area (Å²) in [6.45, 7) is 15.3. The highest BCUT2D eigenvalue weighted by Crippen LogP contribution is 2.04. The van der Waals surface area contributed by atoms with Crippen LogP contribution in [0.3, 0.4) is 0 Å². The van der Waals surface area contributed by atoms with Crippen molar-refractivity contribution in [1.82, 2.24) is 10.2 Å². The normalized spacial score (nSPS) is 11.1. The lowest BCUT2D eigenvalue weighted by atomic mass is 10.3. The maximum Gasteiger partial charge on any atom is 0.0546 e. The Kier molecular flexibility index (Phi) is 7.84. The predicted octanol–water partition coefficient (Wildman–Crippen LogP) is 1.65. The van der Waals surface area contributed by atoms with Gasteiger partial charge < -0.3 is 10.2 Å². The van der Waals surface area contributed by atoms with Gasteiger partial charge >= 0.3 is 0 Å². The Morgan fingerprint density at radius 2 is 2.21 bits per heavy atom. The predicted molar refractivity (Wildman–Crippen MR) is 63.6 cm³/mol. The molecule has 3 heteroatoms. The van der Waals surface area contributed by atoms with E-state index in [1.165, 1.54) is 0 Å². The molecule has 0 aliphatic carbocycles. The largest absolute Gasteiger partial charge is 0.369 e. The molecule has 0 aromatic heterocycles. The minimum atomic E-state index is 0.957. The molecular weight excluding hydrogens is 174 g/mol. The minimum Gasteiger partial charge on any atom is -0.369 e. The van der Waals surface area contributed by atoms with E-state index in [0.717, 1.165) is 31.9 Å². The van der Waals surface area contributed by atoms with Crippen LogP contribution in [0.1, 0.15) is 13.8 Å². The smallest absolute Gasteiger partial charge is 0.0546 e. The van der Waals surface area contributed by atoms with Crippen LogP contribution in [0.15, 0.2) is 29.5 Å². The SMILES string of the molecule is C=C/C(=C\N=C)N(CC)CCNCC. The summed E-state index contributed by atoms with van der Waals surface area (Å²) in [5, 5.41) is 3.28. The molecule has 0 aromatic rings.